The highest BCUT2D eigenvalue weighted by Gasteiger charge is 1.92. The summed E-state index contributed by atoms with van der Waals surface area (Å²) in [6.07, 6.45) is 4.99. The Morgan fingerprint density at radius 3 is 2.00 bits per heavy atom. The number of benzene rings is 1. The van der Waals surface area contributed by atoms with Gasteiger partial charge in [-0.25, -0.2) is 0 Å². The van der Waals surface area contributed by atoms with Crippen LogP contribution in [-0.4, -0.2) is 0 Å². The Kier molecular flexibility index (Phi) is 14.2. The molecule has 0 atom stereocenters. The molecule has 0 nitrogen and oxygen atoms in total. The molecule has 16 heavy (non-hydrogen) atoms. The van der Waals surface area contributed by atoms with Crippen LogP contribution < -0.4 is 0 Å². The molecule has 0 saturated carbocycles. The SMILES string of the molecule is C=C.C=C/C(=C\C)Cc1ccccc1.CC. The lowest BCUT2D eigenvalue weighted by Gasteiger charge is -2.00. The van der Waals surface area contributed by atoms with Crippen LogP contribution in [0.5, 0.6) is 0 Å². The molecular formula is C16H24. The first-order valence-corrected chi connectivity index (χ1v) is 5.68. The summed E-state index contributed by atoms with van der Waals surface area (Å²) in [6, 6.07) is 10.4. The summed E-state index contributed by atoms with van der Waals surface area (Å²) >= 11 is 0. The van der Waals surface area contributed by atoms with Gasteiger partial charge in [0, 0.05) is 0 Å². The van der Waals surface area contributed by atoms with Gasteiger partial charge in [0.05, 0.1) is 0 Å². The van der Waals surface area contributed by atoms with E-state index in [2.05, 4.69) is 50.1 Å². The second-order valence-electron chi connectivity index (χ2n) is 2.73. The van der Waals surface area contributed by atoms with E-state index in [9.17, 15) is 0 Å². The van der Waals surface area contributed by atoms with Crippen molar-refractivity contribution in [1.29, 1.82) is 0 Å². The Hall–Kier alpha value is -1.56. The zero-order valence-electron chi connectivity index (χ0n) is 10.9. The van der Waals surface area contributed by atoms with E-state index in [1.165, 1.54) is 11.1 Å². The van der Waals surface area contributed by atoms with Crippen molar-refractivity contribution in [2.75, 3.05) is 0 Å². The van der Waals surface area contributed by atoms with Crippen LogP contribution in [-0.2, 0) is 6.42 Å². The lowest BCUT2D eigenvalue weighted by molar-refractivity contribution is 1.19. The van der Waals surface area contributed by atoms with Crippen molar-refractivity contribution < 1.29 is 0 Å². The van der Waals surface area contributed by atoms with Gasteiger partial charge < -0.3 is 0 Å². The van der Waals surface area contributed by atoms with Crippen molar-refractivity contribution in [1.82, 2.24) is 0 Å². The van der Waals surface area contributed by atoms with Gasteiger partial charge in [-0.3, -0.25) is 0 Å². The predicted octanol–water partition coefficient (Wildman–Crippen LogP) is 5.19. The molecule has 0 fully saturated rings. The Morgan fingerprint density at radius 1 is 1.12 bits per heavy atom. The summed E-state index contributed by atoms with van der Waals surface area (Å²) in [5, 5.41) is 0. The van der Waals surface area contributed by atoms with Crippen LogP contribution in [0.1, 0.15) is 26.3 Å². The Balaban J connectivity index is 0. The standard InChI is InChI=1S/C12H14.C2H6.C2H4/c1-3-11(4-2)10-12-8-6-5-7-9-12;2*1-2/h3-9H,1,10H2,2H3;1-2H3;1-2H2/b11-4+;;. The average molecular weight is 216 g/mol. The van der Waals surface area contributed by atoms with Crippen LogP contribution in [0, 0.1) is 0 Å². The first-order valence-electron chi connectivity index (χ1n) is 5.68. The van der Waals surface area contributed by atoms with Gasteiger partial charge in [-0.05, 0) is 24.5 Å². The fourth-order valence-electron chi connectivity index (χ4n) is 1.12. The number of hydrogen-bond acceptors (Lipinski definition) is 0. The maximum absolute atomic E-state index is 3.76. The van der Waals surface area contributed by atoms with Crippen LogP contribution in [0.3, 0.4) is 0 Å². The summed E-state index contributed by atoms with van der Waals surface area (Å²) in [4.78, 5) is 0. The lowest BCUT2D eigenvalue weighted by atomic mass is 10.1. The van der Waals surface area contributed by atoms with Crippen LogP contribution in [0.4, 0.5) is 0 Å². The molecule has 0 heterocycles. The maximum atomic E-state index is 3.76. The number of hydrogen-bond donors (Lipinski definition) is 0. The molecule has 0 bridgehead atoms. The second kappa shape index (κ2) is 13.4. The molecule has 0 amide bonds. The number of allylic oxidation sites excluding steroid dienone is 3. The fraction of sp³-hybridized carbons (Fsp3) is 0.250. The zero-order chi connectivity index (χ0) is 12.8. The highest BCUT2D eigenvalue weighted by molar-refractivity contribution is 5.26. The van der Waals surface area contributed by atoms with E-state index >= 15 is 0 Å². The molecule has 88 valence electrons. The molecule has 0 aromatic heterocycles. The third kappa shape index (κ3) is 7.81. The van der Waals surface area contributed by atoms with Gasteiger partial charge >= 0.3 is 0 Å². The van der Waals surface area contributed by atoms with Gasteiger partial charge in [-0.15, -0.1) is 13.2 Å². The minimum absolute atomic E-state index is 0.987. The molecule has 0 unspecified atom stereocenters. The summed E-state index contributed by atoms with van der Waals surface area (Å²) in [7, 11) is 0. The molecule has 0 aliphatic carbocycles. The van der Waals surface area contributed by atoms with Crippen LogP contribution in [0.25, 0.3) is 0 Å². The normalized spacial score (nSPS) is 9.06. The van der Waals surface area contributed by atoms with Gasteiger partial charge in [-0.1, -0.05) is 62.9 Å². The molecule has 0 heteroatoms. The van der Waals surface area contributed by atoms with E-state index in [-0.39, 0.29) is 0 Å². The van der Waals surface area contributed by atoms with Crippen LogP contribution in [0.2, 0.25) is 0 Å². The number of rotatable bonds is 3. The largest absolute Gasteiger partial charge is 0.106 e. The quantitative estimate of drug-likeness (QED) is 0.482. The van der Waals surface area contributed by atoms with E-state index in [4.69, 9.17) is 0 Å². The third-order valence-electron chi connectivity index (χ3n) is 1.88. The monoisotopic (exact) mass is 216 g/mol. The molecular weight excluding hydrogens is 192 g/mol. The van der Waals surface area contributed by atoms with Crippen molar-refractivity contribution in [3.05, 3.63) is 73.4 Å². The fourth-order valence-corrected chi connectivity index (χ4v) is 1.12. The highest BCUT2D eigenvalue weighted by atomic mass is 14.0. The third-order valence-corrected chi connectivity index (χ3v) is 1.88. The van der Waals surface area contributed by atoms with E-state index in [0.717, 1.165) is 6.42 Å². The van der Waals surface area contributed by atoms with Gasteiger partial charge in [0.2, 0.25) is 0 Å². The van der Waals surface area contributed by atoms with E-state index < -0.39 is 0 Å². The van der Waals surface area contributed by atoms with E-state index in [1.807, 2.05) is 32.9 Å². The Bertz CT molecular complexity index is 280. The van der Waals surface area contributed by atoms with Gasteiger partial charge in [0.15, 0.2) is 0 Å². The molecule has 0 aliphatic heterocycles. The molecule has 0 radical (unpaired) electrons. The lowest BCUT2D eigenvalue weighted by Crippen LogP contribution is -1.85. The van der Waals surface area contributed by atoms with E-state index in [0.29, 0.717) is 0 Å². The Labute approximate surface area is 101 Å². The molecule has 0 N–H and O–H groups in total. The van der Waals surface area contributed by atoms with Gasteiger partial charge in [0.1, 0.15) is 0 Å². The second-order valence-corrected chi connectivity index (χ2v) is 2.73. The van der Waals surface area contributed by atoms with Gasteiger partial charge in [0.25, 0.3) is 0 Å². The summed E-state index contributed by atoms with van der Waals surface area (Å²) in [5.41, 5.74) is 2.62. The maximum Gasteiger partial charge on any atom is -0.00293 e. The van der Waals surface area contributed by atoms with Crippen LogP contribution in [0.15, 0.2) is 67.8 Å². The first kappa shape index (κ1) is 16.9. The topological polar surface area (TPSA) is 0 Å². The molecule has 0 saturated heterocycles. The Morgan fingerprint density at radius 2 is 1.62 bits per heavy atom. The minimum Gasteiger partial charge on any atom is -0.106 e. The van der Waals surface area contributed by atoms with Crippen molar-refractivity contribution in [3.8, 4) is 0 Å². The summed E-state index contributed by atoms with van der Waals surface area (Å²) < 4.78 is 0. The van der Waals surface area contributed by atoms with Gasteiger partial charge in [-0.2, -0.15) is 0 Å². The molecule has 1 aromatic rings. The molecule has 0 spiro atoms. The minimum atomic E-state index is 0.987. The van der Waals surface area contributed by atoms with Crippen molar-refractivity contribution in [3.63, 3.8) is 0 Å². The van der Waals surface area contributed by atoms with Crippen molar-refractivity contribution in [2.24, 2.45) is 0 Å². The molecule has 1 aromatic carbocycles. The highest BCUT2D eigenvalue weighted by Crippen LogP contribution is 2.07. The predicted molar refractivity (Wildman–Crippen MR) is 76.7 cm³/mol. The average Bonchev–Trinajstić information content (AvgIpc) is 2.42. The smallest absolute Gasteiger partial charge is 0.00293 e. The van der Waals surface area contributed by atoms with Crippen LogP contribution >= 0.6 is 0 Å². The van der Waals surface area contributed by atoms with Crippen molar-refractivity contribution in [2.45, 2.75) is 27.2 Å². The summed E-state index contributed by atoms with van der Waals surface area (Å²) in [6.45, 7) is 15.8. The van der Waals surface area contributed by atoms with Crippen molar-refractivity contribution >= 4 is 0 Å². The first-order chi connectivity index (χ1) is 7.86. The molecule has 0 aliphatic rings. The zero-order valence-corrected chi connectivity index (χ0v) is 10.9. The van der Waals surface area contributed by atoms with E-state index in [1.54, 1.807) is 0 Å². The summed E-state index contributed by atoms with van der Waals surface area (Å²) in [5.74, 6) is 0. The molecule has 1 rings (SSSR count).